The van der Waals surface area contributed by atoms with E-state index in [1.807, 2.05) is 0 Å². The Balaban J connectivity index is 1.59. The highest BCUT2D eigenvalue weighted by Gasteiger charge is 2.26. The van der Waals surface area contributed by atoms with Gasteiger partial charge in [0.25, 0.3) is 5.91 Å². The molecular weight excluding hydrogens is 358 g/mol. The van der Waals surface area contributed by atoms with Crippen LogP contribution in [0.3, 0.4) is 0 Å². The van der Waals surface area contributed by atoms with Gasteiger partial charge in [0.15, 0.2) is 0 Å². The molecule has 1 aromatic carbocycles. The van der Waals surface area contributed by atoms with Crippen LogP contribution in [0.1, 0.15) is 16.8 Å². The maximum atomic E-state index is 12.7. The van der Waals surface area contributed by atoms with E-state index < -0.39 is 10.0 Å². The molecule has 0 aliphatic carbocycles. The number of sulfonamides is 1. The molecule has 10 heteroatoms. The van der Waals surface area contributed by atoms with Crippen LogP contribution in [0.15, 0.2) is 41.6 Å². The molecule has 1 aliphatic rings. The van der Waals surface area contributed by atoms with Crippen LogP contribution in [0.5, 0.6) is 0 Å². The summed E-state index contributed by atoms with van der Waals surface area (Å²) in [6.45, 7) is 2.50. The first-order valence-electron chi connectivity index (χ1n) is 8.37. The summed E-state index contributed by atoms with van der Waals surface area (Å²) in [6.07, 6.45) is 4.04. The minimum Gasteiger partial charge on any atom is -0.379 e. The number of hydrogen-bond donors (Lipinski definition) is 1. The van der Waals surface area contributed by atoms with Crippen molar-refractivity contribution in [3.8, 4) is 0 Å². The van der Waals surface area contributed by atoms with Crippen LogP contribution in [-0.4, -0.2) is 66.5 Å². The van der Waals surface area contributed by atoms with Gasteiger partial charge in [-0.05, 0) is 24.6 Å². The van der Waals surface area contributed by atoms with Crippen molar-refractivity contribution >= 4 is 15.9 Å². The van der Waals surface area contributed by atoms with Crippen molar-refractivity contribution in [3.63, 3.8) is 0 Å². The lowest BCUT2D eigenvalue weighted by Gasteiger charge is -2.26. The van der Waals surface area contributed by atoms with E-state index in [1.54, 1.807) is 29.2 Å². The minimum atomic E-state index is -3.62. The van der Waals surface area contributed by atoms with Gasteiger partial charge in [-0.3, -0.25) is 9.48 Å². The average Bonchev–Trinajstić information content (AvgIpc) is 3.19. The molecular formula is C16H21N5O4S. The van der Waals surface area contributed by atoms with E-state index >= 15 is 0 Å². The monoisotopic (exact) mass is 379 g/mol. The Kier molecular flexibility index (Phi) is 5.96. The second-order valence-electron chi connectivity index (χ2n) is 5.82. The summed E-state index contributed by atoms with van der Waals surface area (Å²) in [6, 6.07) is 6.10. The van der Waals surface area contributed by atoms with Crippen molar-refractivity contribution < 1.29 is 17.9 Å². The molecule has 9 nitrogen and oxygen atoms in total. The molecule has 1 fully saturated rings. The maximum absolute atomic E-state index is 12.7. The zero-order valence-electron chi connectivity index (χ0n) is 14.2. The normalized spacial score (nSPS) is 15.7. The second-order valence-corrected chi connectivity index (χ2v) is 7.76. The molecule has 1 amide bonds. The van der Waals surface area contributed by atoms with Gasteiger partial charge in [-0.15, -0.1) is 5.10 Å². The Hall–Kier alpha value is -2.30. The van der Waals surface area contributed by atoms with Gasteiger partial charge in [0, 0.05) is 37.9 Å². The molecule has 2 aromatic rings. The fraction of sp³-hybridized carbons (Fsp3) is 0.438. The van der Waals surface area contributed by atoms with Crippen LogP contribution in [0.4, 0.5) is 0 Å². The molecule has 1 N–H and O–H groups in total. The van der Waals surface area contributed by atoms with Gasteiger partial charge >= 0.3 is 0 Å². The van der Waals surface area contributed by atoms with Gasteiger partial charge in [0.05, 0.1) is 24.3 Å². The number of benzene rings is 1. The molecule has 1 aromatic heterocycles. The van der Waals surface area contributed by atoms with E-state index in [4.69, 9.17) is 4.74 Å². The molecule has 1 saturated heterocycles. The minimum absolute atomic E-state index is 0.120. The Morgan fingerprint density at radius 1 is 1.27 bits per heavy atom. The van der Waals surface area contributed by atoms with Crippen molar-refractivity contribution in [1.29, 1.82) is 0 Å². The highest BCUT2D eigenvalue weighted by Crippen LogP contribution is 2.18. The van der Waals surface area contributed by atoms with E-state index in [9.17, 15) is 13.2 Å². The summed E-state index contributed by atoms with van der Waals surface area (Å²) in [5.74, 6) is -0.303. The molecule has 0 bridgehead atoms. The lowest BCUT2D eigenvalue weighted by atomic mass is 10.2. The molecule has 140 valence electrons. The Labute approximate surface area is 152 Å². The van der Waals surface area contributed by atoms with Crippen LogP contribution in [-0.2, 0) is 21.3 Å². The summed E-state index contributed by atoms with van der Waals surface area (Å²) in [7, 11) is -3.62. The van der Waals surface area contributed by atoms with E-state index in [1.165, 1.54) is 16.4 Å². The van der Waals surface area contributed by atoms with Gasteiger partial charge in [-0.1, -0.05) is 11.3 Å². The number of carbonyl (C=O) groups is 1. The van der Waals surface area contributed by atoms with Gasteiger partial charge in [0.2, 0.25) is 10.0 Å². The van der Waals surface area contributed by atoms with Crippen molar-refractivity contribution in [1.82, 2.24) is 24.6 Å². The molecule has 26 heavy (non-hydrogen) atoms. The number of morpholine rings is 1. The summed E-state index contributed by atoms with van der Waals surface area (Å²) < 4.78 is 33.6. The summed E-state index contributed by atoms with van der Waals surface area (Å²) in [4.78, 5) is 12.4. The molecule has 0 spiro atoms. The number of ether oxygens (including phenoxy) is 1. The molecule has 0 atom stereocenters. The average molecular weight is 379 g/mol. The van der Waals surface area contributed by atoms with Gasteiger partial charge < -0.3 is 10.1 Å². The number of nitrogens with one attached hydrogen (secondary N) is 1. The maximum Gasteiger partial charge on any atom is 0.251 e. The predicted molar refractivity (Wildman–Crippen MR) is 93.0 cm³/mol. The van der Waals surface area contributed by atoms with Crippen molar-refractivity contribution in [2.75, 3.05) is 32.8 Å². The van der Waals surface area contributed by atoms with Crippen LogP contribution in [0.2, 0.25) is 0 Å². The molecule has 0 unspecified atom stereocenters. The van der Waals surface area contributed by atoms with E-state index in [0.29, 0.717) is 51.4 Å². The Morgan fingerprint density at radius 2 is 2.08 bits per heavy atom. The zero-order valence-corrected chi connectivity index (χ0v) is 15.1. The number of aromatic nitrogens is 3. The fourth-order valence-corrected chi connectivity index (χ4v) is 4.09. The molecule has 2 heterocycles. The van der Waals surface area contributed by atoms with E-state index in [-0.39, 0.29) is 10.8 Å². The third kappa shape index (κ3) is 4.45. The van der Waals surface area contributed by atoms with Gasteiger partial charge in [-0.2, -0.15) is 4.31 Å². The topological polar surface area (TPSA) is 106 Å². The van der Waals surface area contributed by atoms with Crippen LogP contribution >= 0.6 is 0 Å². The van der Waals surface area contributed by atoms with Crippen LogP contribution < -0.4 is 5.32 Å². The summed E-state index contributed by atoms with van der Waals surface area (Å²) in [5.41, 5.74) is 0.320. The second kappa shape index (κ2) is 8.39. The predicted octanol–water partition coefficient (Wildman–Crippen LogP) is 0.119. The third-order valence-electron chi connectivity index (χ3n) is 4.03. The smallest absolute Gasteiger partial charge is 0.251 e. The molecule has 0 saturated carbocycles. The van der Waals surface area contributed by atoms with E-state index in [0.717, 1.165) is 0 Å². The van der Waals surface area contributed by atoms with Crippen LogP contribution in [0.25, 0.3) is 0 Å². The number of carbonyl (C=O) groups excluding carboxylic acids is 1. The molecule has 1 aliphatic heterocycles. The molecule has 3 rings (SSSR count). The zero-order chi connectivity index (χ0) is 18.4. The Morgan fingerprint density at radius 3 is 2.81 bits per heavy atom. The fourth-order valence-electron chi connectivity index (χ4n) is 2.63. The lowest BCUT2D eigenvalue weighted by Crippen LogP contribution is -2.40. The number of rotatable bonds is 7. The first kappa shape index (κ1) is 18.5. The van der Waals surface area contributed by atoms with Crippen molar-refractivity contribution in [2.45, 2.75) is 17.9 Å². The number of amides is 1. The van der Waals surface area contributed by atoms with Crippen molar-refractivity contribution in [3.05, 3.63) is 42.2 Å². The third-order valence-corrected chi connectivity index (χ3v) is 5.92. The number of aryl methyl sites for hydroxylation is 1. The quantitative estimate of drug-likeness (QED) is 0.685. The lowest BCUT2D eigenvalue weighted by molar-refractivity contribution is 0.0730. The van der Waals surface area contributed by atoms with Crippen molar-refractivity contribution in [2.24, 2.45) is 0 Å². The standard InChI is InChI=1S/C16H21N5O4S/c22-16(17-5-2-7-20-8-6-18-19-20)14-3-1-4-15(13-14)26(23,24)21-9-11-25-12-10-21/h1,3-4,6,8,13H,2,5,7,9-12H2,(H,17,22). The van der Waals surface area contributed by atoms with E-state index in [2.05, 4.69) is 15.6 Å². The SMILES string of the molecule is O=C(NCCCn1ccnn1)c1cccc(S(=O)(=O)N2CCOCC2)c1. The Bertz CT molecular complexity index is 832. The number of hydrogen-bond acceptors (Lipinski definition) is 6. The van der Waals surface area contributed by atoms with Crippen LogP contribution in [0, 0.1) is 0 Å². The summed E-state index contributed by atoms with van der Waals surface area (Å²) in [5, 5.41) is 10.4. The first-order valence-corrected chi connectivity index (χ1v) is 9.81. The first-order chi connectivity index (χ1) is 12.6. The highest BCUT2D eigenvalue weighted by atomic mass is 32.2. The summed E-state index contributed by atoms with van der Waals surface area (Å²) >= 11 is 0. The highest BCUT2D eigenvalue weighted by molar-refractivity contribution is 7.89. The molecule has 0 radical (unpaired) electrons. The van der Waals surface area contributed by atoms with Gasteiger partial charge in [-0.25, -0.2) is 8.42 Å². The van der Waals surface area contributed by atoms with Gasteiger partial charge in [0.1, 0.15) is 0 Å². The number of nitrogens with zero attached hydrogens (tertiary/aromatic N) is 4. The largest absolute Gasteiger partial charge is 0.379 e.